The summed E-state index contributed by atoms with van der Waals surface area (Å²) in [5, 5.41) is 0. The molecular weight excluding hydrogens is 212 g/mol. The average molecular weight is 238 g/mol. The lowest BCUT2D eigenvalue weighted by molar-refractivity contribution is -0.153. The van der Waals surface area contributed by atoms with Gasteiger partial charge in [0.1, 0.15) is 5.60 Å². The third-order valence-corrected chi connectivity index (χ3v) is 3.03. The second kappa shape index (κ2) is 6.63. The van der Waals surface area contributed by atoms with Gasteiger partial charge in [-0.15, -0.1) is 0 Å². The van der Waals surface area contributed by atoms with Crippen LogP contribution in [-0.4, -0.2) is 11.6 Å². The van der Waals surface area contributed by atoms with Crippen molar-refractivity contribution in [3.05, 3.63) is 22.8 Å². The Balaban J connectivity index is 5.04. The van der Waals surface area contributed by atoms with Gasteiger partial charge in [0.2, 0.25) is 0 Å². The highest BCUT2D eigenvalue weighted by Gasteiger charge is 2.25. The SMILES string of the molecule is CCC(C)(CC)OC(=O)C(C=C(C)C)=C(C)C. The minimum absolute atomic E-state index is 0.211. The lowest BCUT2D eigenvalue weighted by Gasteiger charge is -2.27. The van der Waals surface area contributed by atoms with E-state index < -0.39 is 0 Å². The predicted molar refractivity (Wildman–Crippen MR) is 72.9 cm³/mol. The molecule has 0 amide bonds. The van der Waals surface area contributed by atoms with E-state index >= 15 is 0 Å². The molecule has 0 radical (unpaired) electrons. The molecule has 0 rings (SSSR count). The molecule has 0 bridgehead atoms. The number of carbonyl (C=O) groups excluding carboxylic acids is 1. The molecule has 2 nitrogen and oxygen atoms in total. The van der Waals surface area contributed by atoms with Crippen LogP contribution >= 0.6 is 0 Å². The van der Waals surface area contributed by atoms with E-state index in [-0.39, 0.29) is 11.6 Å². The molecule has 0 unspecified atom stereocenters. The van der Waals surface area contributed by atoms with Crippen molar-refractivity contribution in [2.45, 2.75) is 66.9 Å². The highest BCUT2D eigenvalue weighted by molar-refractivity contribution is 5.92. The molecular formula is C15H26O2. The van der Waals surface area contributed by atoms with Gasteiger partial charge in [-0.25, -0.2) is 4.79 Å². The van der Waals surface area contributed by atoms with E-state index in [0.29, 0.717) is 5.57 Å². The van der Waals surface area contributed by atoms with Crippen molar-refractivity contribution >= 4 is 5.97 Å². The number of hydrogen-bond donors (Lipinski definition) is 0. The minimum atomic E-state index is -0.354. The predicted octanol–water partition coefficient (Wildman–Crippen LogP) is 4.41. The highest BCUT2D eigenvalue weighted by atomic mass is 16.6. The maximum Gasteiger partial charge on any atom is 0.338 e. The van der Waals surface area contributed by atoms with Crippen molar-refractivity contribution in [1.29, 1.82) is 0 Å². The summed E-state index contributed by atoms with van der Waals surface area (Å²) in [5.41, 5.74) is 2.42. The molecule has 0 heterocycles. The summed E-state index contributed by atoms with van der Waals surface area (Å²) >= 11 is 0. The van der Waals surface area contributed by atoms with E-state index in [9.17, 15) is 4.79 Å². The number of ether oxygens (including phenoxy) is 1. The fourth-order valence-electron chi connectivity index (χ4n) is 1.37. The molecule has 17 heavy (non-hydrogen) atoms. The summed E-state index contributed by atoms with van der Waals surface area (Å²) in [6, 6.07) is 0. The van der Waals surface area contributed by atoms with Crippen molar-refractivity contribution in [2.75, 3.05) is 0 Å². The second-order valence-electron chi connectivity index (χ2n) is 5.18. The van der Waals surface area contributed by atoms with Crippen LogP contribution in [0.1, 0.15) is 61.3 Å². The number of allylic oxidation sites excluding steroid dienone is 2. The molecule has 0 spiro atoms. The Morgan fingerprint density at radius 2 is 1.59 bits per heavy atom. The first kappa shape index (κ1) is 16.0. The molecule has 0 aliphatic carbocycles. The molecule has 98 valence electrons. The Morgan fingerprint density at radius 1 is 1.12 bits per heavy atom. The summed E-state index contributed by atoms with van der Waals surface area (Å²) in [6.45, 7) is 13.9. The molecule has 0 aromatic rings. The minimum Gasteiger partial charge on any atom is -0.456 e. The van der Waals surface area contributed by atoms with Gasteiger partial charge in [0, 0.05) is 0 Å². The first-order chi connectivity index (χ1) is 7.75. The van der Waals surface area contributed by atoms with Gasteiger partial charge in [-0.3, -0.25) is 0 Å². The molecule has 0 aliphatic rings. The van der Waals surface area contributed by atoms with Crippen molar-refractivity contribution < 1.29 is 9.53 Å². The second-order valence-corrected chi connectivity index (χ2v) is 5.18. The fraction of sp³-hybridized carbons (Fsp3) is 0.667. The van der Waals surface area contributed by atoms with E-state index in [1.807, 2.05) is 54.5 Å². The lowest BCUT2D eigenvalue weighted by atomic mass is 9.99. The van der Waals surface area contributed by atoms with Crippen LogP contribution in [0.4, 0.5) is 0 Å². The Kier molecular flexibility index (Phi) is 6.22. The molecule has 0 aliphatic heterocycles. The smallest absolute Gasteiger partial charge is 0.338 e. The van der Waals surface area contributed by atoms with E-state index in [1.54, 1.807) is 0 Å². The van der Waals surface area contributed by atoms with E-state index in [4.69, 9.17) is 4.74 Å². The van der Waals surface area contributed by atoms with Crippen LogP contribution in [0, 0.1) is 0 Å². The van der Waals surface area contributed by atoms with Gasteiger partial charge >= 0.3 is 5.97 Å². The van der Waals surface area contributed by atoms with E-state index in [0.717, 1.165) is 24.0 Å². The molecule has 0 saturated heterocycles. The largest absolute Gasteiger partial charge is 0.456 e. The molecule has 0 aromatic heterocycles. The summed E-state index contributed by atoms with van der Waals surface area (Å²) in [6.07, 6.45) is 3.56. The van der Waals surface area contributed by atoms with Crippen molar-refractivity contribution in [1.82, 2.24) is 0 Å². The summed E-state index contributed by atoms with van der Waals surface area (Å²) in [4.78, 5) is 12.1. The molecule has 0 atom stereocenters. The molecule has 0 N–H and O–H groups in total. The van der Waals surface area contributed by atoms with Crippen LogP contribution in [-0.2, 0) is 9.53 Å². The van der Waals surface area contributed by atoms with Gasteiger partial charge in [0.25, 0.3) is 0 Å². The fourth-order valence-corrected chi connectivity index (χ4v) is 1.37. The van der Waals surface area contributed by atoms with Crippen LogP contribution in [0.25, 0.3) is 0 Å². The molecule has 0 aromatic carbocycles. The van der Waals surface area contributed by atoms with Crippen LogP contribution in [0.5, 0.6) is 0 Å². The Hall–Kier alpha value is -1.05. The van der Waals surface area contributed by atoms with Gasteiger partial charge in [-0.1, -0.05) is 25.0 Å². The Labute approximate surface area is 106 Å². The summed E-state index contributed by atoms with van der Waals surface area (Å²) in [5.74, 6) is -0.211. The van der Waals surface area contributed by atoms with Crippen LogP contribution in [0.15, 0.2) is 22.8 Å². The third kappa shape index (κ3) is 5.20. The Morgan fingerprint density at radius 3 is 1.88 bits per heavy atom. The van der Waals surface area contributed by atoms with Gasteiger partial charge in [0.05, 0.1) is 5.57 Å². The Bertz CT molecular complexity index is 323. The molecule has 2 heteroatoms. The zero-order valence-electron chi connectivity index (χ0n) is 12.3. The van der Waals surface area contributed by atoms with Crippen LogP contribution in [0.2, 0.25) is 0 Å². The first-order valence-electron chi connectivity index (χ1n) is 6.31. The van der Waals surface area contributed by atoms with Crippen molar-refractivity contribution in [3.8, 4) is 0 Å². The van der Waals surface area contributed by atoms with E-state index in [2.05, 4.69) is 0 Å². The van der Waals surface area contributed by atoms with E-state index in [1.165, 1.54) is 0 Å². The van der Waals surface area contributed by atoms with Gasteiger partial charge in [-0.2, -0.15) is 0 Å². The van der Waals surface area contributed by atoms with Crippen molar-refractivity contribution in [2.24, 2.45) is 0 Å². The number of rotatable bonds is 5. The van der Waals surface area contributed by atoms with Crippen LogP contribution < -0.4 is 0 Å². The highest BCUT2D eigenvalue weighted by Crippen LogP contribution is 2.22. The third-order valence-electron chi connectivity index (χ3n) is 3.03. The first-order valence-corrected chi connectivity index (χ1v) is 6.31. The average Bonchev–Trinajstić information content (AvgIpc) is 2.24. The maximum atomic E-state index is 12.1. The maximum absolute atomic E-state index is 12.1. The number of hydrogen-bond acceptors (Lipinski definition) is 2. The standard InChI is InChI=1S/C15H26O2/c1-8-15(7,9-2)17-14(16)13(12(5)6)10-11(3)4/h10H,8-9H2,1-7H3. The lowest BCUT2D eigenvalue weighted by Crippen LogP contribution is -2.30. The summed E-state index contributed by atoms with van der Waals surface area (Å²) < 4.78 is 5.62. The van der Waals surface area contributed by atoms with Gasteiger partial charge in [-0.05, 0) is 53.5 Å². The number of esters is 1. The van der Waals surface area contributed by atoms with Gasteiger partial charge in [0.15, 0.2) is 0 Å². The number of carbonyl (C=O) groups is 1. The molecule has 0 fully saturated rings. The zero-order chi connectivity index (χ0) is 13.6. The zero-order valence-corrected chi connectivity index (χ0v) is 12.3. The van der Waals surface area contributed by atoms with Gasteiger partial charge < -0.3 is 4.74 Å². The normalized spacial score (nSPS) is 10.8. The topological polar surface area (TPSA) is 26.3 Å². The van der Waals surface area contributed by atoms with Crippen molar-refractivity contribution in [3.63, 3.8) is 0 Å². The molecule has 0 saturated carbocycles. The summed E-state index contributed by atoms with van der Waals surface area (Å²) in [7, 11) is 0. The quantitative estimate of drug-likeness (QED) is 0.403. The monoisotopic (exact) mass is 238 g/mol. The van der Waals surface area contributed by atoms with Crippen LogP contribution in [0.3, 0.4) is 0 Å².